The predicted molar refractivity (Wildman–Crippen MR) is 48.3 cm³/mol. The van der Waals surface area contributed by atoms with Crippen molar-refractivity contribution in [3.63, 3.8) is 0 Å². The zero-order valence-electron chi connectivity index (χ0n) is 6.86. The van der Waals surface area contributed by atoms with E-state index in [0.29, 0.717) is 6.42 Å². The molecule has 0 atom stereocenters. The number of nitrogens with zero attached hydrogens (tertiary/aromatic N) is 2. The first-order valence-corrected chi connectivity index (χ1v) is 3.52. The third-order valence-corrected chi connectivity index (χ3v) is 1.38. The van der Waals surface area contributed by atoms with Crippen LogP contribution in [0, 0.1) is 0 Å². The second kappa shape index (κ2) is 5.66. The third kappa shape index (κ3) is 4.03. The largest absolute Gasteiger partial charge is 0.300 e. The van der Waals surface area contributed by atoms with E-state index in [0.717, 1.165) is 12.0 Å². The van der Waals surface area contributed by atoms with Crippen LogP contribution in [-0.4, -0.2) is 15.8 Å². The highest BCUT2D eigenvalue weighted by Gasteiger charge is 1.95. The molecule has 0 aliphatic rings. The van der Waals surface area contributed by atoms with Crippen molar-refractivity contribution < 1.29 is 4.79 Å². The van der Waals surface area contributed by atoms with Crippen molar-refractivity contribution in [3.8, 4) is 0 Å². The Balaban J connectivity index is 0.00000121. The number of carbonyl (C=O) groups is 1. The van der Waals surface area contributed by atoms with Gasteiger partial charge in [0, 0.05) is 18.8 Å². The number of ketones is 1. The summed E-state index contributed by atoms with van der Waals surface area (Å²) in [6.07, 6.45) is 6.27. The molecule has 1 rings (SSSR count). The van der Waals surface area contributed by atoms with Crippen molar-refractivity contribution in [1.82, 2.24) is 9.97 Å². The smallest absolute Gasteiger partial charge is 0.130 e. The van der Waals surface area contributed by atoms with E-state index >= 15 is 0 Å². The van der Waals surface area contributed by atoms with Crippen molar-refractivity contribution in [3.05, 3.63) is 24.3 Å². The van der Waals surface area contributed by atoms with Gasteiger partial charge in [0.2, 0.25) is 0 Å². The molecule has 0 fully saturated rings. The van der Waals surface area contributed by atoms with Gasteiger partial charge in [0.25, 0.3) is 0 Å². The SMILES string of the molecule is CC(=O)CCc1cncnc1.Cl. The lowest BCUT2D eigenvalue weighted by Crippen LogP contribution is -1.94. The summed E-state index contributed by atoms with van der Waals surface area (Å²) >= 11 is 0. The lowest BCUT2D eigenvalue weighted by atomic mass is 10.1. The number of hydrogen-bond acceptors (Lipinski definition) is 3. The number of aromatic nitrogens is 2. The predicted octanol–water partition coefficient (Wildman–Crippen LogP) is 1.42. The fraction of sp³-hybridized carbons (Fsp3) is 0.375. The number of halogens is 1. The van der Waals surface area contributed by atoms with Gasteiger partial charge in [-0.25, -0.2) is 9.97 Å². The molecule has 0 amide bonds. The molecular weight excluding hydrogens is 176 g/mol. The van der Waals surface area contributed by atoms with E-state index in [9.17, 15) is 4.79 Å². The maximum atomic E-state index is 10.6. The van der Waals surface area contributed by atoms with Crippen LogP contribution < -0.4 is 0 Å². The molecule has 1 aromatic heterocycles. The van der Waals surface area contributed by atoms with Crippen LogP contribution in [0.15, 0.2) is 18.7 Å². The average Bonchev–Trinajstić information content (AvgIpc) is 2.03. The van der Waals surface area contributed by atoms with Gasteiger partial charge < -0.3 is 4.79 Å². The first-order chi connectivity index (χ1) is 5.29. The molecule has 4 heteroatoms. The summed E-state index contributed by atoms with van der Waals surface area (Å²) in [6.45, 7) is 1.59. The Bertz CT molecular complexity index is 238. The van der Waals surface area contributed by atoms with Gasteiger partial charge in [-0.1, -0.05) is 0 Å². The maximum absolute atomic E-state index is 10.6. The van der Waals surface area contributed by atoms with Gasteiger partial charge in [-0.2, -0.15) is 0 Å². The summed E-state index contributed by atoms with van der Waals surface area (Å²) in [5.41, 5.74) is 1.02. The number of hydrogen-bond donors (Lipinski definition) is 0. The highest BCUT2D eigenvalue weighted by molar-refractivity contribution is 5.85. The topological polar surface area (TPSA) is 42.9 Å². The minimum Gasteiger partial charge on any atom is -0.300 e. The molecule has 0 aliphatic carbocycles. The zero-order chi connectivity index (χ0) is 8.10. The summed E-state index contributed by atoms with van der Waals surface area (Å²) in [5, 5.41) is 0. The van der Waals surface area contributed by atoms with Gasteiger partial charge in [-0.15, -0.1) is 12.4 Å². The summed E-state index contributed by atoms with van der Waals surface area (Å²) < 4.78 is 0. The lowest BCUT2D eigenvalue weighted by molar-refractivity contribution is -0.116. The van der Waals surface area contributed by atoms with Gasteiger partial charge >= 0.3 is 0 Å². The molecule has 0 aromatic carbocycles. The summed E-state index contributed by atoms with van der Waals surface area (Å²) in [6, 6.07) is 0. The number of Topliss-reactive ketones (excluding diaryl/α,β-unsaturated/α-hetero) is 1. The van der Waals surface area contributed by atoms with Crippen molar-refractivity contribution >= 4 is 18.2 Å². The van der Waals surface area contributed by atoms with Crippen LogP contribution >= 0.6 is 12.4 Å². The fourth-order valence-electron chi connectivity index (χ4n) is 0.779. The fourth-order valence-corrected chi connectivity index (χ4v) is 0.779. The van der Waals surface area contributed by atoms with Crippen LogP contribution in [0.5, 0.6) is 0 Å². The van der Waals surface area contributed by atoms with Crippen LogP contribution in [0.2, 0.25) is 0 Å². The number of aryl methyl sites for hydroxylation is 1. The quantitative estimate of drug-likeness (QED) is 0.717. The van der Waals surface area contributed by atoms with E-state index in [2.05, 4.69) is 9.97 Å². The molecule has 0 bridgehead atoms. The highest BCUT2D eigenvalue weighted by Crippen LogP contribution is 1.98. The second-order valence-electron chi connectivity index (χ2n) is 2.45. The van der Waals surface area contributed by atoms with Gasteiger partial charge in [0.05, 0.1) is 0 Å². The molecule has 1 heterocycles. The van der Waals surface area contributed by atoms with Gasteiger partial charge in [-0.05, 0) is 18.9 Å². The van der Waals surface area contributed by atoms with Crippen LogP contribution in [-0.2, 0) is 11.2 Å². The molecule has 1 aromatic rings. The Morgan fingerprint density at radius 2 is 2.00 bits per heavy atom. The lowest BCUT2D eigenvalue weighted by Gasteiger charge is -1.94. The summed E-state index contributed by atoms with van der Waals surface area (Å²) in [7, 11) is 0. The number of rotatable bonds is 3. The monoisotopic (exact) mass is 186 g/mol. The van der Waals surface area contributed by atoms with Crippen molar-refractivity contribution in [2.45, 2.75) is 19.8 Å². The van der Waals surface area contributed by atoms with Crippen LogP contribution in [0.3, 0.4) is 0 Å². The van der Waals surface area contributed by atoms with Crippen molar-refractivity contribution in [2.75, 3.05) is 0 Å². The van der Waals surface area contributed by atoms with Gasteiger partial charge in [0.15, 0.2) is 0 Å². The van der Waals surface area contributed by atoms with Crippen LogP contribution in [0.4, 0.5) is 0 Å². The van der Waals surface area contributed by atoms with E-state index in [1.165, 1.54) is 6.33 Å². The van der Waals surface area contributed by atoms with Gasteiger partial charge in [0.1, 0.15) is 12.1 Å². The second-order valence-corrected chi connectivity index (χ2v) is 2.45. The van der Waals surface area contributed by atoms with Crippen molar-refractivity contribution in [1.29, 1.82) is 0 Å². The minimum absolute atomic E-state index is 0. The first kappa shape index (κ1) is 11.0. The van der Waals surface area contributed by atoms with E-state index < -0.39 is 0 Å². The normalized spacial score (nSPS) is 8.75. The van der Waals surface area contributed by atoms with Crippen LogP contribution in [0.25, 0.3) is 0 Å². The molecule has 0 saturated heterocycles. The maximum Gasteiger partial charge on any atom is 0.130 e. The van der Waals surface area contributed by atoms with Gasteiger partial charge in [-0.3, -0.25) is 0 Å². The van der Waals surface area contributed by atoms with Crippen LogP contribution in [0.1, 0.15) is 18.9 Å². The Kier molecular flexibility index (Phi) is 5.21. The Morgan fingerprint density at radius 3 is 2.50 bits per heavy atom. The summed E-state index contributed by atoms with van der Waals surface area (Å²) in [5.74, 6) is 0.203. The van der Waals surface area contributed by atoms with E-state index in [-0.39, 0.29) is 18.2 Å². The average molecular weight is 187 g/mol. The van der Waals surface area contributed by atoms with E-state index in [4.69, 9.17) is 0 Å². The highest BCUT2D eigenvalue weighted by atomic mass is 35.5. The third-order valence-electron chi connectivity index (χ3n) is 1.38. The Morgan fingerprint density at radius 1 is 1.42 bits per heavy atom. The van der Waals surface area contributed by atoms with E-state index in [1.807, 2.05) is 0 Å². The standard InChI is InChI=1S/C8H10N2O.ClH/c1-7(11)2-3-8-4-9-6-10-5-8;/h4-6H,2-3H2,1H3;1H. The first-order valence-electron chi connectivity index (χ1n) is 3.52. The van der Waals surface area contributed by atoms with E-state index in [1.54, 1.807) is 19.3 Å². The molecule has 66 valence electrons. The number of carbonyl (C=O) groups excluding carboxylic acids is 1. The Labute approximate surface area is 77.6 Å². The molecule has 0 N–H and O–H groups in total. The molecule has 0 aliphatic heterocycles. The zero-order valence-corrected chi connectivity index (χ0v) is 7.67. The molecule has 3 nitrogen and oxygen atoms in total. The molecule has 0 unspecified atom stereocenters. The molecule has 0 saturated carbocycles. The molecule has 0 radical (unpaired) electrons. The molecule has 12 heavy (non-hydrogen) atoms. The minimum atomic E-state index is 0. The molecular formula is C8H11ClN2O. The molecule has 0 spiro atoms. The summed E-state index contributed by atoms with van der Waals surface area (Å²) in [4.78, 5) is 18.3. The Hall–Kier alpha value is -0.960. The van der Waals surface area contributed by atoms with Crippen molar-refractivity contribution in [2.24, 2.45) is 0 Å².